The van der Waals surface area contributed by atoms with Crippen LogP contribution in [0, 0.1) is 0 Å². The minimum absolute atomic E-state index is 0.140. The van der Waals surface area contributed by atoms with Crippen molar-refractivity contribution in [1.29, 1.82) is 0 Å². The molecule has 0 unspecified atom stereocenters. The van der Waals surface area contributed by atoms with Crippen LogP contribution >= 0.6 is 11.8 Å². The summed E-state index contributed by atoms with van der Waals surface area (Å²) in [7, 11) is 0. The SMILES string of the molecule is O=C(c1ccc(CSc2nc(-c3ccccc3)cc(N3CCOCC3)n2)cc1)N1CCCC1. The molecule has 7 heteroatoms. The maximum atomic E-state index is 12.6. The summed E-state index contributed by atoms with van der Waals surface area (Å²) in [5.41, 5.74) is 3.93. The van der Waals surface area contributed by atoms with Crippen molar-refractivity contribution in [2.75, 3.05) is 44.3 Å². The van der Waals surface area contributed by atoms with Gasteiger partial charge in [-0.15, -0.1) is 0 Å². The number of nitrogens with zero attached hydrogens (tertiary/aromatic N) is 4. The predicted molar refractivity (Wildman–Crippen MR) is 132 cm³/mol. The average molecular weight is 461 g/mol. The average Bonchev–Trinajstić information content (AvgIpc) is 3.43. The van der Waals surface area contributed by atoms with E-state index < -0.39 is 0 Å². The van der Waals surface area contributed by atoms with E-state index in [-0.39, 0.29) is 5.91 Å². The Balaban J connectivity index is 1.32. The van der Waals surface area contributed by atoms with Gasteiger partial charge in [-0.05, 0) is 30.5 Å². The highest BCUT2D eigenvalue weighted by atomic mass is 32.2. The minimum Gasteiger partial charge on any atom is -0.378 e. The van der Waals surface area contributed by atoms with Crippen LogP contribution in [0.1, 0.15) is 28.8 Å². The van der Waals surface area contributed by atoms with Crippen LogP contribution in [-0.4, -0.2) is 60.2 Å². The summed E-state index contributed by atoms with van der Waals surface area (Å²) in [6.07, 6.45) is 2.21. The Hall–Kier alpha value is -2.90. The van der Waals surface area contributed by atoms with Gasteiger partial charge in [0.1, 0.15) is 5.82 Å². The van der Waals surface area contributed by atoms with Crippen molar-refractivity contribution in [2.24, 2.45) is 0 Å². The number of morpholine rings is 1. The molecular formula is C26H28N4O2S. The standard InChI is InChI=1S/C26H28N4O2S/c31-25(30-12-4-5-13-30)22-10-8-20(9-11-22)19-33-26-27-23(21-6-2-1-3-7-21)18-24(28-26)29-14-16-32-17-15-29/h1-3,6-11,18H,4-5,12-17,19H2. The molecule has 0 radical (unpaired) electrons. The lowest BCUT2D eigenvalue weighted by atomic mass is 10.1. The Morgan fingerprint density at radius 1 is 0.909 bits per heavy atom. The second-order valence-corrected chi connectivity index (χ2v) is 9.29. The van der Waals surface area contributed by atoms with Crippen LogP contribution in [0.4, 0.5) is 5.82 Å². The Morgan fingerprint density at radius 2 is 1.64 bits per heavy atom. The molecule has 2 saturated heterocycles. The number of rotatable bonds is 6. The van der Waals surface area contributed by atoms with Crippen molar-refractivity contribution in [3.63, 3.8) is 0 Å². The van der Waals surface area contributed by atoms with Gasteiger partial charge in [-0.1, -0.05) is 54.2 Å². The van der Waals surface area contributed by atoms with Gasteiger partial charge in [-0.2, -0.15) is 0 Å². The first-order valence-electron chi connectivity index (χ1n) is 11.5. The van der Waals surface area contributed by atoms with Crippen LogP contribution in [0.2, 0.25) is 0 Å². The number of anilines is 1. The van der Waals surface area contributed by atoms with E-state index in [1.165, 1.54) is 0 Å². The molecule has 33 heavy (non-hydrogen) atoms. The number of amides is 1. The summed E-state index contributed by atoms with van der Waals surface area (Å²) < 4.78 is 5.51. The number of aromatic nitrogens is 2. The third-order valence-electron chi connectivity index (χ3n) is 6.06. The number of benzene rings is 2. The first-order chi connectivity index (χ1) is 16.3. The van der Waals surface area contributed by atoms with Crippen molar-refractivity contribution >= 4 is 23.5 Å². The van der Waals surface area contributed by atoms with Crippen molar-refractivity contribution < 1.29 is 9.53 Å². The molecule has 1 amide bonds. The van der Waals surface area contributed by atoms with Crippen molar-refractivity contribution in [3.05, 3.63) is 71.8 Å². The third-order valence-corrected chi connectivity index (χ3v) is 6.98. The van der Waals surface area contributed by atoms with E-state index in [4.69, 9.17) is 14.7 Å². The molecule has 0 saturated carbocycles. The zero-order valence-electron chi connectivity index (χ0n) is 18.7. The molecule has 2 fully saturated rings. The maximum absolute atomic E-state index is 12.6. The first kappa shape index (κ1) is 21.9. The highest BCUT2D eigenvalue weighted by molar-refractivity contribution is 7.98. The Bertz CT molecular complexity index is 1080. The van der Waals surface area contributed by atoms with E-state index in [0.717, 1.165) is 91.3 Å². The molecule has 2 aliphatic rings. The molecule has 3 heterocycles. The van der Waals surface area contributed by atoms with Gasteiger partial charge in [0, 0.05) is 49.1 Å². The molecule has 0 N–H and O–H groups in total. The fourth-order valence-corrected chi connectivity index (χ4v) is 4.99. The predicted octanol–water partition coefficient (Wildman–Crippen LogP) is 4.51. The van der Waals surface area contributed by atoms with Gasteiger partial charge < -0.3 is 14.5 Å². The summed E-state index contributed by atoms with van der Waals surface area (Å²) >= 11 is 1.62. The number of carbonyl (C=O) groups is 1. The lowest BCUT2D eigenvalue weighted by molar-refractivity contribution is 0.0793. The second kappa shape index (κ2) is 10.4. The van der Waals surface area contributed by atoms with E-state index in [1.54, 1.807) is 11.8 Å². The Kier molecular flexibility index (Phi) is 6.88. The highest BCUT2D eigenvalue weighted by Crippen LogP contribution is 2.28. The summed E-state index contributed by atoms with van der Waals surface area (Å²) in [6.45, 7) is 4.85. The van der Waals surface area contributed by atoms with E-state index in [1.807, 2.05) is 47.4 Å². The van der Waals surface area contributed by atoms with E-state index in [9.17, 15) is 4.79 Å². The number of hydrogen-bond acceptors (Lipinski definition) is 6. The van der Waals surface area contributed by atoms with Gasteiger partial charge in [-0.3, -0.25) is 4.79 Å². The molecule has 170 valence electrons. The molecule has 0 atom stereocenters. The van der Waals surface area contributed by atoms with Crippen LogP contribution in [0.5, 0.6) is 0 Å². The molecule has 2 aromatic carbocycles. The number of carbonyl (C=O) groups excluding carboxylic acids is 1. The molecule has 5 rings (SSSR count). The van der Waals surface area contributed by atoms with Gasteiger partial charge in [0.05, 0.1) is 18.9 Å². The van der Waals surface area contributed by atoms with Crippen LogP contribution in [0.15, 0.2) is 65.8 Å². The quantitative estimate of drug-likeness (QED) is 0.399. The fourth-order valence-electron chi connectivity index (χ4n) is 4.18. The summed E-state index contributed by atoms with van der Waals surface area (Å²) in [5, 5.41) is 0.759. The zero-order valence-corrected chi connectivity index (χ0v) is 19.5. The van der Waals surface area contributed by atoms with Crippen LogP contribution in [-0.2, 0) is 10.5 Å². The second-order valence-electron chi connectivity index (χ2n) is 8.34. The summed E-state index contributed by atoms with van der Waals surface area (Å²) in [4.78, 5) is 26.5. The van der Waals surface area contributed by atoms with Gasteiger partial charge in [0.15, 0.2) is 5.16 Å². The molecule has 3 aromatic rings. The fraction of sp³-hybridized carbons (Fsp3) is 0.346. The lowest BCUT2D eigenvalue weighted by Crippen LogP contribution is -2.36. The maximum Gasteiger partial charge on any atom is 0.253 e. The van der Waals surface area contributed by atoms with Crippen molar-refractivity contribution in [2.45, 2.75) is 23.8 Å². The number of thioether (sulfide) groups is 1. The lowest BCUT2D eigenvalue weighted by Gasteiger charge is -2.28. The Morgan fingerprint density at radius 3 is 2.36 bits per heavy atom. The van der Waals surface area contributed by atoms with Crippen LogP contribution in [0.3, 0.4) is 0 Å². The van der Waals surface area contributed by atoms with Gasteiger partial charge in [-0.25, -0.2) is 9.97 Å². The molecule has 0 bridgehead atoms. The minimum atomic E-state index is 0.140. The molecular weight excluding hydrogens is 432 g/mol. The monoisotopic (exact) mass is 460 g/mol. The molecule has 0 aliphatic carbocycles. The molecule has 0 spiro atoms. The van der Waals surface area contributed by atoms with Crippen molar-refractivity contribution in [1.82, 2.24) is 14.9 Å². The van der Waals surface area contributed by atoms with Crippen molar-refractivity contribution in [3.8, 4) is 11.3 Å². The first-order valence-corrected chi connectivity index (χ1v) is 12.5. The van der Waals surface area contributed by atoms with Crippen LogP contribution in [0.25, 0.3) is 11.3 Å². The van der Waals surface area contributed by atoms with Gasteiger partial charge in [0.2, 0.25) is 0 Å². The van der Waals surface area contributed by atoms with Crippen LogP contribution < -0.4 is 4.90 Å². The van der Waals surface area contributed by atoms with Gasteiger partial charge in [0.25, 0.3) is 5.91 Å². The topological polar surface area (TPSA) is 58.6 Å². The number of likely N-dealkylation sites (tertiary alicyclic amines) is 1. The smallest absolute Gasteiger partial charge is 0.253 e. The molecule has 2 aliphatic heterocycles. The van der Waals surface area contributed by atoms with E-state index in [2.05, 4.69) is 23.1 Å². The van der Waals surface area contributed by atoms with E-state index >= 15 is 0 Å². The summed E-state index contributed by atoms with van der Waals surface area (Å²) in [5.74, 6) is 1.83. The third kappa shape index (κ3) is 5.37. The molecule has 6 nitrogen and oxygen atoms in total. The normalized spacial score (nSPS) is 16.2. The Labute approximate surface area is 199 Å². The number of ether oxygens (including phenoxy) is 1. The molecule has 1 aromatic heterocycles. The van der Waals surface area contributed by atoms with E-state index in [0.29, 0.717) is 0 Å². The highest BCUT2D eigenvalue weighted by Gasteiger charge is 2.19. The zero-order chi connectivity index (χ0) is 22.5. The largest absolute Gasteiger partial charge is 0.378 e. The number of hydrogen-bond donors (Lipinski definition) is 0. The summed E-state index contributed by atoms with van der Waals surface area (Å²) in [6, 6.07) is 20.3. The van der Waals surface area contributed by atoms with Gasteiger partial charge >= 0.3 is 0 Å².